The number of aromatic nitrogens is 4. The molecule has 126 valence electrons. The monoisotopic (exact) mass is 409 g/mol. The molecule has 0 unspecified atom stereocenters. The molecule has 0 atom stereocenters. The molecule has 1 aromatic carbocycles. The Morgan fingerprint density at radius 1 is 1.33 bits per heavy atom. The van der Waals surface area contributed by atoms with Crippen LogP contribution >= 0.6 is 27.3 Å². The number of methoxy groups -OCH3 is 1. The van der Waals surface area contributed by atoms with Gasteiger partial charge in [-0.25, -0.2) is 4.79 Å². The summed E-state index contributed by atoms with van der Waals surface area (Å²) in [5, 5.41) is 10.5. The Labute approximate surface area is 151 Å². The van der Waals surface area contributed by atoms with Crippen molar-refractivity contribution >= 4 is 27.3 Å². The first kappa shape index (κ1) is 16.9. The van der Waals surface area contributed by atoms with Gasteiger partial charge in [0.05, 0.1) is 7.11 Å². The molecule has 0 bridgehead atoms. The maximum atomic E-state index is 12.4. The van der Waals surface area contributed by atoms with Gasteiger partial charge in [-0.05, 0) is 53.2 Å². The van der Waals surface area contributed by atoms with Crippen molar-refractivity contribution in [3.63, 3.8) is 0 Å². The quantitative estimate of drug-likeness (QED) is 0.624. The summed E-state index contributed by atoms with van der Waals surface area (Å²) in [6, 6.07) is 9.55. The SMILES string of the molecule is COc1ccc(Br)cc1CN(C)Cn1nnn(-c2cccs2)c1=O. The number of benzene rings is 1. The first-order valence-electron chi connectivity index (χ1n) is 7.16. The van der Waals surface area contributed by atoms with Crippen molar-refractivity contribution in [1.29, 1.82) is 0 Å². The van der Waals surface area contributed by atoms with Crippen LogP contribution in [0.3, 0.4) is 0 Å². The highest BCUT2D eigenvalue weighted by molar-refractivity contribution is 9.10. The van der Waals surface area contributed by atoms with Crippen LogP contribution in [0.4, 0.5) is 0 Å². The van der Waals surface area contributed by atoms with E-state index in [0.29, 0.717) is 13.2 Å². The van der Waals surface area contributed by atoms with Crippen molar-refractivity contribution in [2.45, 2.75) is 13.2 Å². The summed E-state index contributed by atoms with van der Waals surface area (Å²) in [5.74, 6) is 0.805. The van der Waals surface area contributed by atoms with Gasteiger partial charge in [-0.2, -0.15) is 9.36 Å². The highest BCUT2D eigenvalue weighted by Gasteiger charge is 2.13. The number of halogens is 1. The van der Waals surface area contributed by atoms with E-state index < -0.39 is 0 Å². The third-order valence-electron chi connectivity index (χ3n) is 3.41. The van der Waals surface area contributed by atoms with Gasteiger partial charge in [0.2, 0.25) is 0 Å². The van der Waals surface area contributed by atoms with Crippen molar-refractivity contribution < 1.29 is 4.74 Å². The molecule has 0 aliphatic carbocycles. The molecule has 0 saturated heterocycles. The fraction of sp³-hybridized carbons (Fsp3) is 0.267. The van der Waals surface area contributed by atoms with Crippen LogP contribution in [0.15, 0.2) is 45.0 Å². The first-order chi connectivity index (χ1) is 11.6. The molecule has 0 radical (unpaired) electrons. The van der Waals surface area contributed by atoms with Gasteiger partial charge in [-0.3, -0.25) is 4.90 Å². The Morgan fingerprint density at radius 2 is 2.17 bits per heavy atom. The van der Waals surface area contributed by atoms with Crippen LogP contribution in [0, 0.1) is 0 Å². The molecule has 7 nitrogen and oxygen atoms in total. The van der Waals surface area contributed by atoms with Crippen LogP contribution in [-0.4, -0.2) is 38.8 Å². The standard InChI is InChI=1S/C15H16BrN5O2S/c1-19(9-11-8-12(16)5-6-13(11)23-2)10-20-15(22)21(18-17-20)14-4-3-7-24-14/h3-8H,9-10H2,1-2H3. The molecular weight excluding hydrogens is 394 g/mol. The summed E-state index contributed by atoms with van der Waals surface area (Å²) in [7, 11) is 3.56. The molecule has 0 aliphatic rings. The van der Waals surface area contributed by atoms with E-state index in [2.05, 4.69) is 26.4 Å². The third-order valence-corrected chi connectivity index (χ3v) is 4.75. The minimum atomic E-state index is -0.259. The predicted molar refractivity (Wildman–Crippen MR) is 95.7 cm³/mol. The summed E-state index contributed by atoms with van der Waals surface area (Å²) in [6.45, 7) is 0.945. The van der Waals surface area contributed by atoms with Crippen LogP contribution in [0.1, 0.15) is 5.56 Å². The number of hydrogen-bond acceptors (Lipinski definition) is 6. The molecule has 2 aromatic heterocycles. The minimum absolute atomic E-state index is 0.259. The summed E-state index contributed by atoms with van der Waals surface area (Å²) in [4.78, 5) is 14.4. The average molecular weight is 410 g/mol. The number of ether oxygens (including phenoxy) is 1. The molecule has 2 heterocycles. The van der Waals surface area contributed by atoms with Gasteiger partial charge in [-0.1, -0.05) is 15.9 Å². The number of tetrazole rings is 1. The Balaban J connectivity index is 1.75. The molecule has 0 aliphatic heterocycles. The van der Waals surface area contributed by atoms with Crippen molar-refractivity contribution in [3.05, 3.63) is 56.2 Å². The lowest BCUT2D eigenvalue weighted by Gasteiger charge is -2.17. The highest BCUT2D eigenvalue weighted by atomic mass is 79.9. The van der Waals surface area contributed by atoms with Gasteiger partial charge in [0.25, 0.3) is 0 Å². The lowest BCUT2D eigenvalue weighted by atomic mass is 10.2. The normalized spacial score (nSPS) is 11.2. The van der Waals surface area contributed by atoms with Gasteiger partial charge in [0.1, 0.15) is 17.4 Å². The van der Waals surface area contributed by atoms with E-state index >= 15 is 0 Å². The molecule has 0 amide bonds. The zero-order chi connectivity index (χ0) is 17.1. The van der Waals surface area contributed by atoms with E-state index in [4.69, 9.17) is 4.74 Å². The van der Waals surface area contributed by atoms with E-state index in [9.17, 15) is 4.79 Å². The van der Waals surface area contributed by atoms with Gasteiger partial charge < -0.3 is 4.74 Å². The maximum Gasteiger partial charge on any atom is 0.370 e. The Bertz CT molecular complexity index is 874. The van der Waals surface area contributed by atoms with E-state index in [1.54, 1.807) is 7.11 Å². The average Bonchev–Trinajstić information content (AvgIpc) is 3.18. The second-order valence-corrected chi connectivity index (χ2v) is 7.08. The molecule has 0 fully saturated rings. The van der Waals surface area contributed by atoms with Gasteiger partial charge in [0.15, 0.2) is 0 Å². The van der Waals surface area contributed by atoms with Crippen LogP contribution in [0.5, 0.6) is 5.75 Å². The lowest BCUT2D eigenvalue weighted by Crippen LogP contribution is -2.31. The zero-order valence-corrected chi connectivity index (χ0v) is 15.6. The lowest BCUT2D eigenvalue weighted by molar-refractivity contribution is 0.236. The van der Waals surface area contributed by atoms with Crippen molar-refractivity contribution in [2.24, 2.45) is 0 Å². The Morgan fingerprint density at radius 3 is 2.88 bits per heavy atom. The number of nitrogens with zero attached hydrogens (tertiary/aromatic N) is 5. The molecule has 24 heavy (non-hydrogen) atoms. The van der Waals surface area contributed by atoms with Gasteiger partial charge in [0, 0.05) is 16.6 Å². The van der Waals surface area contributed by atoms with Crippen LogP contribution in [0.25, 0.3) is 5.00 Å². The second-order valence-electron chi connectivity index (χ2n) is 5.24. The minimum Gasteiger partial charge on any atom is -0.496 e. The Hall–Kier alpha value is -1.97. The van der Waals surface area contributed by atoms with E-state index in [1.165, 1.54) is 20.7 Å². The van der Waals surface area contributed by atoms with E-state index in [0.717, 1.165) is 20.8 Å². The number of thiophene rings is 1. The van der Waals surface area contributed by atoms with Crippen molar-refractivity contribution in [3.8, 4) is 10.8 Å². The van der Waals surface area contributed by atoms with E-state index in [1.807, 2.05) is 47.7 Å². The van der Waals surface area contributed by atoms with E-state index in [-0.39, 0.29) is 5.69 Å². The molecule has 0 saturated carbocycles. The fourth-order valence-corrected chi connectivity index (χ4v) is 3.41. The van der Waals surface area contributed by atoms with Crippen LogP contribution in [0.2, 0.25) is 0 Å². The van der Waals surface area contributed by atoms with Crippen molar-refractivity contribution in [2.75, 3.05) is 14.2 Å². The topological polar surface area (TPSA) is 65.2 Å². The third kappa shape index (κ3) is 3.58. The smallest absolute Gasteiger partial charge is 0.370 e. The van der Waals surface area contributed by atoms with Gasteiger partial charge in [-0.15, -0.1) is 11.3 Å². The summed E-state index contributed by atoms with van der Waals surface area (Å²) >= 11 is 4.91. The Kier molecular flexibility index (Phi) is 5.12. The summed E-state index contributed by atoms with van der Waals surface area (Å²) in [5.41, 5.74) is 0.763. The fourth-order valence-electron chi connectivity index (χ4n) is 2.33. The van der Waals surface area contributed by atoms with Crippen molar-refractivity contribution in [1.82, 2.24) is 24.7 Å². The molecule has 3 rings (SSSR count). The first-order valence-corrected chi connectivity index (χ1v) is 8.83. The van der Waals surface area contributed by atoms with Crippen LogP contribution in [-0.2, 0) is 13.2 Å². The molecular formula is C15H16BrN5O2S. The molecule has 9 heteroatoms. The summed E-state index contributed by atoms with van der Waals surface area (Å²) in [6.07, 6.45) is 0. The second kappa shape index (κ2) is 7.29. The molecule has 0 N–H and O–H groups in total. The molecule has 3 aromatic rings. The predicted octanol–water partition coefficient (Wildman–Crippen LogP) is 2.35. The maximum absolute atomic E-state index is 12.4. The highest BCUT2D eigenvalue weighted by Crippen LogP contribution is 2.24. The zero-order valence-electron chi connectivity index (χ0n) is 13.2. The molecule has 0 spiro atoms. The number of hydrogen-bond donors (Lipinski definition) is 0. The largest absolute Gasteiger partial charge is 0.496 e. The number of rotatable bonds is 6. The van der Waals surface area contributed by atoms with Gasteiger partial charge >= 0.3 is 5.69 Å². The van der Waals surface area contributed by atoms with Crippen LogP contribution < -0.4 is 10.4 Å². The summed E-state index contributed by atoms with van der Waals surface area (Å²) < 4.78 is 9.00.